The normalized spacial score (nSPS) is 24.8. The Hall–Kier alpha value is -2.03. The lowest BCUT2D eigenvalue weighted by atomic mass is 9.90. The number of oxime groups is 1. The fraction of sp³-hybridized carbons (Fsp3) is 0.429. The van der Waals surface area contributed by atoms with E-state index in [1.54, 1.807) is 6.07 Å². The number of hydrogen-bond donors (Lipinski definition) is 0. The Bertz CT molecular complexity index is 616. The molecule has 1 saturated carbocycles. The van der Waals surface area contributed by atoms with Gasteiger partial charge in [-0.25, -0.2) is 0 Å². The highest BCUT2D eigenvalue weighted by atomic mass is 19.4. The Morgan fingerprint density at radius 2 is 2.10 bits per heavy atom. The molecular weight excluding hydrogens is 269 g/mol. The maximum absolute atomic E-state index is 13.2. The Labute approximate surface area is 113 Å². The maximum atomic E-state index is 13.2. The molecule has 1 aliphatic carbocycles. The molecule has 0 saturated heterocycles. The van der Waals surface area contributed by atoms with E-state index in [1.165, 1.54) is 12.1 Å². The quantitative estimate of drug-likeness (QED) is 0.790. The van der Waals surface area contributed by atoms with E-state index < -0.39 is 11.7 Å². The smallest absolute Gasteiger partial charge is 0.392 e. The lowest BCUT2D eigenvalue weighted by Gasteiger charge is -2.15. The number of rotatable bonds is 1. The maximum Gasteiger partial charge on any atom is 0.417 e. The number of alkyl halides is 3. The van der Waals surface area contributed by atoms with E-state index in [-0.39, 0.29) is 23.1 Å². The van der Waals surface area contributed by atoms with Crippen molar-refractivity contribution in [2.75, 3.05) is 0 Å². The minimum Gasteiger partial charge on any atom is -0.392 e. The predicted octanol–water partition coefficient (Wildman–Crippen LogP) is 3.48. The lowest BCUT2D eigenvalue weighted by Crippen LogP contribution is -2.21. The van der Waals surface area contributed by atoms with E-state index in [4.69, 9.17) is 10.1 Å². The minimum atomic E-state index is -4.51. The van der Waals surface area contributed by atoms with Crippen molar-refractivity contribution in [1.82, 2.24) is 0 Å². The molecule has 2 aliphatic rings. The van der Waals surface area contributed by atoms with E-state index in [2.05, 4.69) is 5.16 Å². The van der Waals surface area contributed by atoms with E-state index >= 15 is 0 Å². The first kappa shape index (κ1) is 13.0. The minimum absolute atomic E-state index is 0.0106. The molecule has 1 fully saturated rings. The van der Waals surface area contributed by atoms with Gasteiger partial charge >= 0.3 is 6.18 Å². The molecule has 0 bridgehead atoms. The molecule has 20 heavy (non-hydrogen) atoms. The van der Waals surface area contributed by atoms with Crippen LogP contribution in [0.2, 0.25) is 0 Å². The van der Waals surface area contributed by atoms with Crippen molar-refractivity contribution in [2.24, 2.45) is 11.1 Å². The summed E-state index contributed by atoms with van der Waals surface area (Å²) >= 11 is 0. The Morgan fingerprint density at radius 1 is 1.30 bits per heavy atom. The van der Waals surface area contributed by atoms with Crippen molar-refractivity contribution < 1.29 is 18.0 Å². The van der Waals surface area contributed by atoms with Gasteiger partial charge in [0.2, 0.25) is 0 Å². The third-order valence-corrected chi connectivity index (χ3v) is 3.82. The summed E-state index contributed by atoms with van der Waals surface area (Å²) in [5, 5.41) is 12.6. The number of hydrogen-bond acceptors (Lipinski definition) is 3. The summed E-state index contributed by atoms with van der Waals surface area (Å²) in [6.45, 7) is 0. The molecule has 1 heterocycles. The number of nitrogens with zero attached hydrogens (tertiary/aromatic N) is 2. The fourth-order valence-corrected chi connectivity index (χ4v) is 2.88. The summed E-state index contributed by atoms with van der Waals surface area (Å²) in [5.41, 5.74) is -0.426. The third-order valence-electron chi connectivity index (χ3n) is 3.82. The van der Waals surface area contributed by atoms with Crippen molar-refractivity contribution in [3.05, 3.63) is 34.9 Å². The van der Waals surface area contributed by atoms with Gasteiger partial charge in [-0.15, -0.1) is 0 Å². The monoisotopic (exact) mass is 280 g/mol. The standard InChI is InChI=1S/C14H11F3N2O/c15-14(16,17)11-6-8(7-18)4-5-9(11)13-10-2-1-3-12(10)20-19-13/h4-6,10,12H,1-3H2. The van der Waals surface area contributed by atoms with Crippen molar-refractivity contribution in [2.45, 2.75) is 31.5 Å². The summed E-state index contributed by atoms with van der Waals surface area (Å²) in [6.07, 6.45) is -2.05. The molecule has 2 atom stereocenters. The fourth-order valence-electron chi connectivity index (χ4n) is 2.88. The van der Waals surface area contributed by atoms with Gasteiger partial charge in [0.25, 0.3) is 0 Å². The molecule has 1 aliphatic heterocycles. The van der Waals surface area contributed by atoms with Gasteiger partial charge in [-0.1, -0.05) is 11.2 Å². The van der Waals surface area contributed by atoms with Crippen LogP contribution in [0.25, 0.3) is 0 Å². The highest BCUT2D eigenvalue weighted by Crippen LogP contribution is 2.40. The topological polar surface area (TPSA) is 45.4 Å². The van der Waals surface area contributed by atoms with E-state index in [0.29, 0.717) is 5.71 Å². The molecule has 0 radical (unpaired) electrons. The van der Waals surface area contributed by atoms with Crippen LogP contribution in [-0.4, -0.2) is 11.8 Å². The zero-order chi connectivity index (χ0) is 14.3. The zero-order valence-corrected chi connectivity index (χ0v) is 10.4. The first-order valence-electron chi connectivity index (χ1n) is 6.36. The van der Waals surface area contributed by atoms with Gasteiger partial charge in [-0.05, 0) is 31.4 Å². The second kappa shape index (κ2) is 4.51. The average Bonchev–Trinajstić information content (AvgIpc) is 2.99. The van der Waals surface area contributed by atoms with Crippen LogP contribution < -0.4 is 0 Å². The number of nitriles is 1. The summed E-state index contributed by atoms with van der Waals surface area (Å²) in [5.74, 6) is -0.0657. The van der Waals surface area contributed by atoms with Crippen LogP contribution in [0.15, 0.2) is 23.4 Å². The van der Waals surface area contributed by atoms with Crippen molar-refractivity contribution in [1.29, 1.82) is 5.26 Å². The molecule has 0 N–H and O–H groups in total. The van der Waals surface area contributed by atoms with Crippen LogP contribution in [0, 0.1) is 17.2 Å². The number of benzene rings is 1. The Balaban J connectivity index is 2.08. The molecule has 6 heteroatoms. The van der Waals surface area contributed by atoms with Gasteiger partial charge in [0, 0.05) is 11.5 Å². The second-order valence-corrected chi connectivity index (χ2v) is 5.03. The molecule has 0 spiro atoms. The van der Waals surface area contributed by atoms with Gasteiger partial charge < -0.3 is 4.84 Å². The van der Waals surface area contributed by atoms with Crippen LogP contribution in [-0.2, 0) is 11.0 Å². The molecule has 2 unspecified atom stereocenters. The van der Waals surface area contributed by atoms with Crippen molar-refractivity contribution >= 4 is 5.71 Å². The molecule has 3 rings (SSSR count). The van der Waals surface area contributed by atoms with Crippen molar-refractivity contribution in [3.8, 4) is 6.07 Å². The van der Waals surface area contributed by atoms with Gasteiger partial charge in [-0.3, -0.25) is 0 Å². The first-order chi connectivity index (χ1) is 9.50. The molecular formula is C14H11F3N2O. The average molecular weight is 280 g/mol. The summed E-state index contributed by atoms with van der Waals surface area (Å²) in [7, 11) is 0. The van der Waals surface area contributed by atoms with E-state index in [9.17, 15) is 13.2 Å². The van der Waals surface area contributed by atoms with E-state index in [0.717, 1.165) is 25.3 Å². The van der Waals surface area contributed by atoms with E-state index in [1.807, 2.05) is 0 Å². The zero-order valence-electron chi connectivity index (χ0n) is 10.4. The molecule has 0 amide bonds. The summed E-state index contributed by atoms with van der Waals surface area (Å²) < 4.78 is 39.5. The van der Waals surface area contributed by atoms with Gasteiger partial charge in [0.15, 0.2) is 0 Å². The van der Waals surface area contributed by atoms with Crippen LogP contribution in [0.5, 0.6) is 0 Å². The number of halogens is 3. The van der Waals surface area contributed by atoms with Crippen LogP contribution in [0.4, 0.5) is 13.2 Å². The Morgan fingerprint density at radius 3 is 2.80 bits per heavy atom. The third kappa shape index (κ3) is 2.03. The molecule has 0 aromatic heterocycles. The highest BCUT2D eigenvalue weighted by Gasteiger charge is 2.42. The molecule has 1 aromatic rings. The second-order valence-electron chi connectivity index (χ2n) is 5.03. The lowest BCUT2D eigenvalue weighted by molar-refractivity contribution is -0.137. The first-order valence-corrected chi connectivity index (χ1v) is 6.36. The van der Waals surface area contributed by atoms with Crippen molar-refractivity contribution in [3.63, 3.8) is 0 Å². The largest absolute Gasteiger partial charge is 0.417 e. The number of fused-ring (bicyclic) bond motifs is 1. The van der Waals surface area contributed by atoms with Gasteiger partial charge in [0.05, 0.1) is 22.9 Å². The Kier molecular flexibility index (Phi) is 2.93. The molecule has 3 nitrogen and oxygen atoms in total. The molecule has 1 aromatic carbocycles. The SMILES string of the molecule is N#Cc1ccc(C2=NOC3CCCC23)c(C(F)(F)F)c1. The summed E-state index contributed by atoms with van der Waals surface area (Å²) in [4.78, 5) is 5.22. The van der Waals surface area contributed by atoms with Crippen LogP contribution in [0.3, 0.4) is 0 Å². The van der Waals surface area contributed by atoms with Crippen LogP contribution in [0.1, 0.15) is 36.0 Å². The highest BCUT2D eigenvalue weighted by molar-refractivity contribution is 6.04. The molecule has 104 valence electrons. The van der Waals surface area contributed by atoms with Crippen LogP contribution >= 0.6 is 0 Å². The predicted molar refractivity (Wildman–Crippen MR) is 64.9 cm³/mol. The van der Waals surface area contributed by atoms with Gasteiger partial charge in [-0.2, -0.15) is 18.4 Å². The van der Waals surface area contributed by atoms with Gasteiger partial charge in [0.1, 0.15) is 6.10 Å². The summed E-state index contributed by atoms with van der Waals surface area (Å²) in [6, 6.07) is 5.32.